The molecule has 1 aliphatic rings. The molecule has 0 saturated carbocycles. The second-order valence-corrected chi connectivity index (χ2v) is 7.12. The van der Waals surface area contributed by atoms with Gasteiger partial charge in [0.1, 0.15) is 5.76 Å². The number of rotatable bonds is 2. The number of nitrogens with one attached hydrogen (secondary N) is 1. The van der Waals surface area contributed by atoms with Crippen LogP contribution in [0.15, 0.2) is 39.9 Å². The Balaban J connectivity index is 1.71. The van der Waals surface area contributed by atoms with Crippen molar-refractivity contribution in [3.8, 4) is 5.95 Å². The van der Waals surface area contributed by atoms with Crippen LogP contribution in [-0.2, 0) is 6.42 Å². The number of H-pyrrole nitrogens is 1. The molecule has 0 amide bonds. The molecular weight excluding hydrogens is 358 g/mol. The third kappa shape index (κ3) is 2.49. The molecule has 5 rings (SSSR count). The van der Waals surface area contributed by atoms with E-state index in [9.17, 15) is 9.59 Å². The fourth-order valence-corrected chi connectivity index (χ4v) is 3.91. The molecule has 0 unspecified atom stereocenters. The molecule has 0 aliphatic heterocycles. The largest absolute Gasteiger partial charge is 0.469 e. The SMILES string of the molecule is Cc1cc(C)nc(-n2[nH]c3ncc4c(c3c2=O)C[C@H](c2ccco2)CC4=O)n1. The first-order chi connectivity index (χ1) is 13.5. The lowest BCUT2D eigenvalue weighted by molar-refractivity contribution is 0.0960. The number of fused-ring (bicyclic) bond motifs is 3. The minimum atomic E-state index is -0.308. The third-order valence-corrected chi connectivity index (χ3v) is 5.12. The number of furan rings is 1. The Morgan fingerprint density at radius 1 is 1.18 bits per heavy atom. The summed E-state index contributed by atoms with van der Waals surface area (Å²) in [6.07, 6.45) is 4.01. The van der Waals surface area contributed by atoms with E-state index < -0.39 is 0 Å². The van der Waals surface area contributed by atoms with Crippen LogP contribution in [0, 0.1) is 13.8 Å². The van der Waals surface area contributed by atoms with Gasteiger partial charge in [0.2, 0.25) is 0 Å². The second kappa shape index (κ2) is 5.98. The van der Waals surface area contributed by atoms with Crippen LogP contribution in [-0.4, -0.2) is 30.5 Å². The van der Waals surface area contributed by atoms with Crippen molar-refractivity contribution < 1.29 is 9.21 Å². The third-order valence-electron chi connectivity index (χ3n) is 5.12. The molecule has 28 heavy (non-hydrogen) atoms. The van der Waals surface area contributed by atoms with Crippen molar-refractivity contribution in [1.29, 1.82) is 0 Å². The summed E-state index contributed by atoms with van der Waals surface area (Å²) in [5.74, 6) is 0.879. The monoisotopic (exact) mass is 375 g/mol. The predicted molar refractivity (Wildman–Crippen MR) is 101 cm³/mol. The molecule has 1 N–H and O–H groups in total. The highest BCUT2D eigenvalue weighted by Gasteiger charge is 2.31. The maximum Gasteiger partial charge on any atom is 0.283 e. The van der Waals surface area contributed by atoms with E-state index in [2.05, 4.69) is 20.1 Å². The highest BCUT2D eigenvalue weighted by molar-refractivity contribution is 6.02. The number of ketones is 1. The van der Waals surface area contributed by atoms with Gasteiger partial charge in [0.15, 0.2) is 11.4 Å². The number of hydrogen-bond acceptors (Lipinski definition) is 6. The summed E-state index contributed by atoms with van der Waals surface area (Å²) >= 11 is 0. The fraction of sp³-hybridized carbons (Fsp3) is 0.250. The maximum absolute atomic E-state index is 13.2. The molecule has 1 atom stereocenters. The van der Waals surface area contributed by atoms with E-state index in [-0.39, 0.29) is 23.2 Å². The highest BCUT2D eigenvalue weighted by atomic mass is 16.3. The Morgan fingerprint density at radius 3 is 2.68 bits per heavy atom. The Morgan fingerprint density at radius 2 is 1.96 bits per heavy atom. The van der Waals surface area contributed by atoms with E-state index in [4.69, 9.17) is 4.42 Å². The van der Waals surface area contributed by atoms with Crippen LogP contribution < -0.4 is 5.56 Å². The van der Waals surface area contributed by atoms with Gasteiger partial charge in [-0.3, -0.25) is 14.7 Å². The molecule has 0 spiro atoms. The van der Waals surface area contributed by atoms with Gasteiger partial charge >= 0.3 is 0 Å². The van der Waals surface area contributed by atoms with Crippen LogP contribution in [0.2, 0.25) is 0 Å². The molecule has 0 bridgehead atoms. The van der Waals surface area contributed by atoms with Gasteiger partial charge in [-0.2, -0.15) is 4.68 Å². The van der Waals surface area contributed by atoms with Crippen molar-refractivity contribution in [3.63, 3.8) is 0 Å². The van der Waals surface area contributed by atoms with Crippen molar-refractivity contribution in [2.24, 2.45) is 0 Å². The topological polar surface area (TPSA) is 107 Å². The average molecular weight is 375 g/mol. The van der Waals surface area contributed by atoms with E-state index in [0.717, 1.165) is 17.1 Å². The van der Waals surface area contributed by atoms with Gasteiger partial charge in [0.25, 0.3) is 11.5 Å². The number of hydrogen-bond donors (Lipinski definition) is 1. The summed E-state index contributed by atoms with van der Waals surface area (Å²) in [6, 6.07) is 5.50. The lowest BCUT2D eigenvalue weighted by atomic mass is 9.81. The molecule has 4 aromatic heterocycles. The molecule has 0 fully saturated rings. The number of aromatic nitrogens is 5. The lowest BCUT2D eigenvalue weighted by Crippen LogP contribution is -2.22. The first-order valence-electron chi connectivity index (χ1n) is 9.03. The standard InChI is InChI=1S/C20H17N5O3/c1-10-6-11(2)23-20(22-10)25-19(27)17-13-7-12(16-4-3-5-28-16)8-15(26)14(13)9-21-18(17)24-25/h3-6,9,12H,7-8H2,1-2H3,(H,21,24)/t12-/m0/s1. The van der Waals surface area contributed by atoms with Crippen LogP contribution in [0.1, 0.15) is 45.4 Å². The van der Waals surface area contributed by atoms with E-state index in [1.54, 1.807) is 18.5 Å². The van der Waals surface area contributed by atoms with Crippen molar-refractivity contribution in [2.45, 2.75) is 32.6 Å². The van der Waals surface area contributed by atoms with Gasteiger partial charge in [-0.1, -0.05) is 0 Å². The quantitative estimate of drug-likeness (QED) is 0.577. The van der Waals surface area contributed by atoms with Crippen LogP contribution in [0.25, 0.3) is 17.0 Å². The Labute approximate surface area is 159 Å². The lowest BCUT2D eigenvalue weighted by Gasteiger charge is -2.21. The fourth-order valence-electron chi connectivity index (χ4n) is 3.91. The number of carbonyl (C=O) groups excluding carboxylic acids is 1. The summed E-state index contributed by atoms with van der Waals surface area (Å²) in [6.45, 7) is 3.69. The predicted octanol–water partition coefficient (Wildman–Crippen LogP) is 2.63. The van der Waals surface area contributed by atoms with Crippen molar-refractivity contribution in [1.82, 2.24) is 24.7 Å². The van der Waals surface area contributed by atoms with E-state index in [1.165, 1.54) is 4.68 Å². The summed E-state index contributed by atoms with van der Waals surface area (Å²) in [4.78, 5) is 38.9. The normalized spacial score (nSPS) is 16.5. The number of aromatic amines is 1. The van der Waals surface area contributed by atoms with Crippen LogP contribution in [0.3, 0.4) is 0 Å². The summed E-state index contributed by atoms with van der Waals surface area (Å²) in [7, 11) is 0. The molecule has 1 aliphatic carbocycles. The number of pyridine rings is 1. The molecular formula is C20H17N5O3. The number of nitrogens with zero attached hydrogens (tertiary/aromatic N) is 4. The van der Waals surface area contributed by atoms with Crippen molar-refractivity contribution in [2.75, 3.05) is 0 Å². The van der Waals surface area contributed by atoms with Gasteiger partial charge in [-0.25, -0.2) is 15.0 Å². The molecule has 0 aromatic carbocycles. The van der Waals surface area contributed by atoms with Crippen LogP contribution in [0.5, 0.6) is 0 Å². The van der Waals surface area contributed by atoms with Crippen LogP contribution >= 0.6 is 0 Å². The Kier molecular flexibility index (Phi) is 3.55. The minimum Gasteiger partial charge on any atom is -0.469 e. The van der Waals surface area contributed by atoms with E-state index in [0.29, 0.717) is 35.0 Å². The maximum atomic E-state index is 13.2. The molecule has 8 heteroatoms. The number of aryl methyl sites for hydroxylation is 2. The molecule has 4 heterocycles. The molecule has 140 valence electrons. The minimum absolute atomic E-state index is 0.0353. The first kappa shape index (κ1) is 16.6. The molecule has 0 saturated heterocycles. The van der Waals surface area contributed by atoms with Crippen molar-refractivity contribution >= 4 is 16.8 Å². The second-order valence-electron chi connectivity index (χ2n) is 7.12. The molecule has 4 aromatic rings. The summed E-state index contributed by atoms with van der Waals surface area (Å²) in [5, 5.41) is 3.39. The number of carbonyl (C=O) groups is 1. The van der Waals surface area contributed by atoms with Gasteiger partial charge in [-0.05, 0) is 44.0 Å². The molecule has 0 radical (unpaired) electrons. The first-order valence-corrected chi connectivity index (χ1v) is 9.03. The summed E-state index contributed by atoms with van der Waals surface area (Å²) in [5.41, 5.74) is 2.83. The van der Waals surface area contributed by atoms with E-state index >= 15 is 0 Å². The highest BCUT2D eigenvalue weighted by Crippen LogP contribution is 2.34. The Hall–Kier alpha value is -3.55. The zero-order chi connectivity index (χ0) is 19.4. The van der Waals surface area contributed by atoms with Crippen LogP contribution in [0.4, 0.5) is 0 Å². The Bertz CT molecular complexity index is 1260. The zero-order valence-electron chi connectivity index (χ0n) is 15.4. The van der Waals surface area contributed by atoms with Gasteiger partial charge in [-0.15, -0.1) is 0 Å². The number of Topliss-reactive ketones (excluding diaryl/α,β-unsaturated/α-hetero) is 1. The summed E-state index contributed by atoms with van der Waals surface area (Å²) < 4.78 is 6.79. The average Bonchev–Trinajstić information content (AvgIpc) is 3.29. The van der Waals surface area contributed by atoms with Gasteiger partial charge < -0.3 is 4.42 Å². The zero-order valence-corrected chi connectivity index (χ0v) is 15.4. The van der Waals surface area contributed by atoms with E-state index in [1.807, 2.05) is 26.0 Å². The van der Waals surface area contributed by atoms with Crippen molar-refractivity contribution in [3.05, 3.63) is 69.3 Å². The molecule has 8 nitrogen and oxygen atoms in total. The van der Waals surface area contributed by atoms with Gasteiger partial charge in [0.05, 0.1) is 11.6 Å². The smallest absolute Gasteiger partial charge is 0.283 e. The van der Waals surface area contributed by atoms with Gasteiger partial charge in [0, 0.05) is 35.5 Å².